The molecule has 0 aromatic heterocycles. The molecule has 0 radical (unpaired) electrons. The van der Waals surface area contributed by atoms with E-state index in [2.05, 4.69) is 30.7 Å². The van der Waals surface area contributed by atoms with Crippen molar-refractivity contribution in [3.05, 3.63) is 0 Å². The van der Waals surface area contributed by atoms with E-state index in [0.717, 1.165) is 38.3 Å². The van der Waals surface area contributed by atoms with Gasteiger partial charge in [-0.15, -0.1) is 0 Å². The van der Waals surface area contributed by atoms with Crippen LogP contribution in [-0.2, 0) is 0 Å². The molecule has 0 fully saturated rings. The summed E-state index contributed by atoms with van der Waals surface area (Å²) in [5.74, 6) is 0. The van der Waals surface area contributed by atoms with E-state index < -0.39 is 0 Å². The van der Waals surface area contributed by atoms with Crippen molar-refractivity contribution < 1.29 is 0 Å². The summed E-state index contributed by atoms with van der Waals surface area (Å²) in [5, 5.41) is 17.1. The first-order chi connectivity index (χ1) is 7.79. The molecule has 0 saturated heterocycles. The molecule has 3 nitrogen and oxygen atoms in total. The number of rotatable bonds is 9. The van der Waals surface area contributed by atoms with E-state index >= 15 is 0 Å². The van der Waals surface area contributed by atoms with Gasteiger partial charge in [-0.3, -0.25) is 4.67 Å². The lowest BCUT2D eigenvalue weighted by Crippen LogP contribution is -2.20. The minimum Gasteiger partial charge on any atom is -0.282 e. The molecule has 0 N–H and O–H groups in total. The van der Waals surface area contributed by atoms with E-state index in [0.29, 0.717) is 12.8 Å². The third-order valence-corrected chi connectivity index (χ3v) is 5.57. The Bertz CT molecular complexity index is 218. The molecule has 0 aliphatic heterocycles. The van der Waals surface area contributed by atoms with Crippen molar-refractivity contribution in [2.24, 2.45) is 0 Å². The molecule has 16 heavy (non-hydrogen) atoms. The summed E-state index contributed by atoms with van der Waals surface area (Å²) in [6.07, 6.45) is 5.64. The molecule has 0 rings (SSSR count). The Morgan fingerprint density at radius 1 is 0.938 bits per heavy atom. The molecule has 0 atom stereocenters. The van der Waals surface area contributed by atoms with Gasteiger partial charge in [0.1, 0.15) is 0 Å². The number of unbranched alkanes of at least 4 members (excludes halogenated alkanes) is 2. The predicted octanol–water partition coefficient (Wildman–Crippen LogP) is 3.33. The first-order valence-corrected chi connectivity index (χ1v) is 7.70. The average molecular weight is 239 g/mol. The Labute approximate surface area is 101 Å². The molecule has 0 aromatic carbocycles. The topological polar surface area (TPSA) is 50.8 Å². The van der Waals surface area contributed by atoms with Crippen molar-refractivity contribution in [3.63, 3.8) is 0 Å². The third-order valence-electron chi connectivity index (χ3n) is 2.54. The molecule has 0 unspecified atom stereocenters. The average Bonchev–Trinajstić information content (AvgIpc) is 2.30. The lowest BCUT2D eigenvalue weighted by Gasteiger charge is -2.29. The fourth-order valence-electron chi connectivity index (χ4n) is 1.70. The van der Waals surface area contributed by atoms with Gasteiger partial charge in [0.05, 0.1) is 12.1 Å². The molecule has 90 valence electrons. The highest BCUT2D eigenvalue weighted by Crippen LogP contribution is 2.41. The molecule has 0 aliphatic carbocycles. The predicted molar refractivity (Wildman–Crippen MR) is 69.3 cm³/mol. The zero-order valence-corrected chi connectivity index (χ0v) is 11.3. The van der Waals surface area contributed by atoms with Crippen LogP contribution in [0.1, 0.15) is 39.5 Å². The molecule has 0 bridgehead atoms. The van der Waals surface area contributed by atoms with Crippen molar-refractivity contribution in [1.29, 1.82) is 10.5 Å². The summed E-state index contributed by atoms with van der Waals surface area (Å²) in [6, 6.07) is 4.41. The SMILES string of the molecule is CCN(CC)P(CCCC#N)CCCC#N. The fourth-order valence-corrected chi connectivity index (χ4v) is 4.34. The Morgan fingerprint density at radius 2 is 1.38 bits per heavy atom. The smallest absolute Gasteiger partial charge is 0.0621 e. The summed E-state index contributed by atoms with van der Waals surface area (Å²) in [5.41, 5.74) is 0. The molecular formula is C12H22N3P. The highest BCUT2D eigenvalue weighted by molar-refractivity contribution is 7.55. The van der Waals surface area contributed by atoms with Crippen LogP contribution in [0.15, 0.2) is 0 Å². The van der Waals surface area contributed by atoms with Crippen LogP contribution in [0.3, 0.4) is 0 Å². The van der Waals surface area contributed by atoms with Gasteiger partial charge < -0.3 is 0 Å². The van der Waals surface area contributed by atoms with Gasteiger partial charge in [0.15, 0.2) is 0 Å². The van der Waals surface area contributed by atoms with E-state index in [-0.39, 0.29) is 8.07 Å². The summed E-state index contributed by atoms with van der Waals surface area (Å²) in [6.45, 7) is 6.55. The largest absolute Gasteiger partial charge is 0.282 e. The van der Waals surface area contributed by atoms with Gasteiger partial charge >= 0.3 is 0 Å². The molecule has 4 heteroatoms. The fraction of sp³-hybridized carbons (Fsp3) is 0.833. The van der Waals surface area contributed by atoms with Crippen LogP contribution in [0, 0.1) is 22.7 Å². The normalized spacial score (nSPS) is 10.4. The van der Waals surface area contributed by atoms with Gasteiger partial charge in [0.25, 0.3) is 0 Å². The van der Waals surface area contributed by atoms with Crippen LogP contribution >= 0.6 is 8.07 Å². The molecule has 0 amide bonds. The van der Waals surface area contributed by atoms with E-state index in [1.54, 1.807) is 0 Å². The molecule has 0 spiro atoms. The maximum atomic E-state index is 8.55. The second kappa shape index (κ2) is 10.9. The summed E-state index contributed by atoms with van der Waals surface area (Å²) < 4.78 is 2.50. The standard InChI is InChI=1S/C12H22N3P/c1-3-15(4-2)16(11-7-5-9-13)12-8-6-10-14/h3-8,11-12H2,1-2H3. The van der Waals surface area contributed by atoms with Crippen molar-refractivity contribution >= 4 is 8.07 Å². The van der Waals surface area contributed by atoms with Gasteiger partial charge in [-0.25, -0.2) is 0 Å². The van der Waals surface area contributed by atoms with Gasteiger partial charge in [-0.05, 0) is 46.3 Å². The molecule has 0 aromatic rings. The van der Waals surface area contributed by atoms with Crippen LogP contribution < -0.4 is 0 Å². The van der Waals surface area contributed by atoms with E-state index in [1.807, 2.05) is 0 Å². The van der Waals surface area contributed by atoms with Crippen LogP contribution in [0.25, 0.3) is 0 Å². The Kier molecular flexibility index (Phi) is 10.4. The van der Waals surface area contributed by atoms with Crippen LogP contribution in [0.5, 0.6) is 0 Å². The van der Waals surface area contributed by atoms with E-state index in [4.69, 9.17) is 10.5 Å². The first-order valence-electron chi connectivity index (χ1n) is 6.03. The van der Waals surface area contributed by atoms with Crippen LogP contribution in [0.4, 0.5) is 0 Å². The molecule has 0 aliphatic rings. The van der Waals surface area contributed by atoms with Gasteiger partial charge in [-0.1, -0.05) is 13.8 Å². The second-order valence-electron chi connectivity index (χ2n) is 3.62. The highest BCUT2D eigenvalue weighted by Gasteiger charge is 2.14. The molecule has 0 saturated carbocycles. The summed E-state index contributed by atoms with van der Waals surface area (Å²) in [4.78, 5) is 0. The lowest BCUT2D eigenvalue weighted by atomic mass is 10.4. The van der Waals surface area contributed by atoms with E-state index in [9.17, 15) is 0 Å². The number of nitriles is 2. The Hall–Kier alpha value is -0.630. The van der Waals surface area contributed by atoms with Crippen LogP contribution in [0.2, 0.25) is 0 Å². The number of hydrogen-bond donors (Lipinski definition) is 0. The van der Waals surface area contributed by atoms with Crippen molar-refractivity contribution in [3.8, 4) is 12.1 Å². The minimum atomic E-state index is -0.116. The van der Waals surface area contributed by atoms with Crippen molar-refractivity contribution in [2.45, 2.75) is 39.5 Å². The van der Waals surface area contributed by atoms with Crippen molar-refractivity contribution in [2.75, 3.05) is 25.4 Å². The first kappa shape index (κ1) is 15.4. The highest BCUT2D eigenvalue weighted by atomic mass is 31.1. The van der Waals surface area contributed by atoms with Crippen LogP contribution in [-0.4, -0.2) is 30.1 Å². The zero-order chi connectivity index (χ0) is 12.2. The number of hydrogen-bond acceptors (Lipinski definition) is 3. The maximum absolute atomic E-state index is 8.55. The van der Waals surface area contributed by atoms with Gasteiger partial charge in [0.2, 0.25) is 0 Å². The summed E-state index contributed by atoms with van der Waals surface area (Å²) >= 11 is 0. The lowest BCUT2D eigenvalue weighted by molar-refractivity contribution is 0.503. The molecule has 0 heterocycles. The summed E-state index contributed by atoms with van der Waals surface area (Å²) in [7, 11) is -0.116. The van der Waals surface area contributed by atoms with Gasteiger partial charge in [-0.2, -0.15) is 10.5 Å². The maximum Gasteiger partial charge on any atom is 0.0621 e. The second-order valence-corrected chi connectivity index (χ2v) is 6.09. The van der Waals surface area contributed by atoms with E-state index in [1.165, 1.54) is 0 Å². The zero-order valence-electron chi connectivity index (χ0n) is 10.4. The Balaban J connectivity index is 4.04. The minimum absolute atomic E-state index is 0.116. The quantitative estimate of drug-likeness (QED) is 0.458. The monoisotopic (exact) mass is 239 g/mol. The Morgan fingerprint density at radius 3 is 1.69 bits per heavy atom. The third kappa shape index (κ3) is 6.78. The van der Waals surface area contributed by atoms with Gasteiger partial charge in [0, 0.05) is 12.8 Å². The molecular weight excluding hydrogens is 217 g/mol. The van der Waals surface area contributed by atoms with Crippen molar-refractivity contribution in [1.82, 2.24) is 4.67 Å². The number of nitrogens with zero attached hydrogens (tertiary/aromatic N) is 3.